The van der Waals surface area contributed by atoms with Gasteiger partial charge in [-0.1, -0.05) is 12.1 Å². The average Bonchev–Trinajstić information content (AvgIpc) is 3.15. The lowest BCUT2D eigenvalue weighted by Gasteiger charge is -2.39. The Balaban J connectivity index is 1.44. The maximum Gasteiger partial charge on any atom is 0.209 e. The van der Waals surface area contributed by atoms with Gasteiger partial charge in [0.25, 0.3) is 0 Å². The van der Waals surface area contributed by atoms with E-state index in [-0.39, 0.29) is 0 Å². The number of anilines is 1. The minimum Gasteiger partial charge on any atom is -0.439 e. The fraction of sp³-hybridized carbons (Fsp3) is 0.375. The monoisotopic (exact) mass is 314 g/mol. The van der Waals surface area contributed by atoms with E-state index in [1.54, 1.807) is 11.3 Å². The van der Waals surface area contributed by atoms with Gasteiger partial charge in [-0.2, -0.15) is 0 Å². The van der Waals surface area contributed by atoms with E-state index in [1.165, 1.54) is 0 Å². The second kappa shape index (κ2) is 5.70. The van der Waals surface area contributed by atoms with Gasteiger partial charge in [0.2, 0.25) is 5.89 Å². The van der Waals surface area contributed by atoms with Crippen LogP contribution in [-0.4, -0.2) is 40.5 Å². The van der Waals surface area contributed by atoms with Gasteiger partial charge in [0.05, 0.1) is 6.54 Å². The summed E-state index contributed by atoms with van der Waals surface area (Å²) in [6.45, 7) is 6.01. The van der Waals surface area contributed by atoms with Gasteiger partial charge in [0.15, 0.2) is 10.7 Å². The predicted molar refractivity (Wildman–Crippen MR) is 88.2 cm³/mol. The molecule has 0 aliphatic carbocycles. The number of rotatable bonds is 3. The van der Waals surface area contributed by atoms with E-state index < -0.39 is 0 Å². The normalized spacial score (nSPS) is 19.9. The molecule has 1 atom stereocenters. The van der Waals surface area contributed by atoms with Crippen LogP contribution in [0, 0.1) is 0 Å². The standard InChI is InChI=1S/C16H18N4OS/c1-12-10-19(7-8-20(12)16-17-6-9-22-16)11-15-18-13-4-2-3-5-14(13)21-15/h2-6,9,12H,7-8,10-11H2,1H3/t12-/m0/s1. The smallest absolute Gasteiger partial charge is 0.209 e. The molecule has 0 radical (unpaired) electrons. The molecule has 114 valence electrons. The number of para-hydroxylation sites is 2. The van der Waals surface area contributed by atoms with Gasteiger partial charge in [-0.25, -0.2) is 9.97 Å². The molecule has 3 aromatic rings. The van der Waals surface area contributed by atoms with E-state index in [9.17, 15) is 0 Å². The summed E-state index contributed by atoms with van der Waals surface area (Å²) in [5.41, 5.74) is 1.80. The average molecular weight is 314 g/mol. The molecule has 1 fully saturated rings. The molecule has 1 saturated heterocycles. The topological polar surface area (TPSA) is 45.4 Å². The Labute approximate surface area is 133 Å². The van der Waals surface area contributed by atoms with Gasteiger partial charge < -0.3 is 9.32 Å². The minimum atomic E-state index is 0.448. The van der Waals surface area contributed by atoms with Crippen LogP contribution in [0.4, 0.5) is 5.13 Å². The third-order valence-electron chi connectivity index (χ3n) is 4.07. The number of fused-ring (bicyclic) bond motifs is 1. The molecule has 0 unspecified atom stereocenters. The highest BCUT2D eigenvalue weighted by molar-refractivity contribution is 7.13. The molecule has 6 heteroatoms. The summed E-state index contributed by atoms with van der Waals surface area (Å²) in [5.74, 6) is 0.802. The lowest BCUT2D eigenvalue weighted by atomic mass is 10.2. The fourth-order valence-electron chi connectivity index (χ4n) is 3.00. The largest absolute Gasteiger partial charge is 0.439 e. The highest BCUT2D eigenvalue weighted by atomic mass is 32.1. The first-order chi connectivity index (χ1) is 10.8. The second-order valence-electron chi connectivity index (χ2n) is 5.67. The second-order valence-corrected chi connectivity index (χ2v) is 6.54. The van der Waals surface area contributed by atoms with E-state index in [1.807, 2.05) is 35.8 Å². The van der Waals surface area contributed by atoms with Crippen LogP contribution in [0.1, 0.15) is 12.8 Å². The van der Waals surface area contributed by atoms with Gasteiger partial charge in [0.1, 0.15) is 5.52 Å². The Morgan fingerprint density at radius 2 is 2.23 bits per heavy atom. The quantitative estimate of drug-likeness (QED) is 0.743. The van der Waals surface area contributed by atoms with Gasteiger partial charge in [-0.3, -0.25) is 4.90 Å². The number of nitrogens with zero attached hydrogens (tertiary/aromatic N) is 4. The molecule has 3 heterocycles. The summed E-state index contributed by atoms with van der Waals surface area (Å²) in [4.78, 5) is 13.8. The summed E-state index contributed by atoms with van der Waals surface area (Å²) < 4.78 is 5.83. The number of oxazole rings is 1. The first-order valence-electron chi connectivity index (χ1n) is 7.52. The molecule has 22 heavy (non-hydrogen) atoms. The van der Waals surface area contributed by atoms with E-state index in [2.05, 4.69) is 26.7 Å². The van der Waals surface area contributed by atoms with Crippen molar-refractivity contribution < 1.29 is 4.42 Å². The zero-order valence-corrected chi connectivity index (χ0v) is 13.3. The van der Waals surface area contributed by atoms with Crippen molar-refractivity contribution in [3.63, 3.8) is 0 Å². The fourth-order valence-corrected chi connectivity index (χ4v) is 3.77. The lowest BCUT2D eigenvalue weighted by molar-refractivity contribution is 0.203. The van der Waals surface area contributed by atoms with E-state index >= 15 is 0 Å². The van der Waals surface area contributed by atoms with Crippen molar-refractivity contribution >= 4 is 27.6 Å². The Morgan fingerprint density at radius 1 is 1.32 bits per heavy atom. The summed E-state index contributed by atoms with van der Waals surface area (Å²) in [6, 6.07) is 8.37. The molecular formula is C16H18N4OS. The maximum absolute atomic E-state index is 5.83. The van der Waals surface area contributed by atoms with Gasteiger partial charge in [0, 0.05) is 37.3 Å². The van der Waals surface area contributed by atoms with Crippen LogP contribution in [0.3, 0.4) is 0 Å². The number of thiazole rings is 1. The van der Waals surface area contributed by atoms with Crippen LogP contribution >= 0.6 is 11.3 Å². The summed E-state index contributed by atoms with van der Waals surface area (Å²) in [6.07, 6.45) is 1.87. The highest BCUT2D eigenvalue weighted by Gasteiger charge is 2.26. The predicted octanol–water partition coefficient (Wildman–Crippen LogP) is 3.00. The molecule has 4 rings (SSSR count). The van der Waals surface area contributed by atoms with Crippen LogP contribution < -0.4 is 4.90 Å². The van der Waals surface area contributed by atoms with E-state index in [0.717, 1.165) is 48.3 Å². The number of benzene rings is 1. The van der Waals surface area contributed by atoms with Crippen molar-refractivity contribution in [2.75, 3.05) is 24.5 Å². The molecule has 1 aliphatic heterocycles. The molecule has 0 bridgehead atoms. The molecule has 1 aromatic carbocycles. The molecule has 1 aliphatic rings. The summed E-state index contributed by atoms with van der Waals surface area (Å²) in [7, 11) is 0. The number of hydrogen-bond acceptors (Lipinski definition) is 6. The number of aromatic nitrogens is 2. The van der Waals surface area contributed by atoms with Crippen molar-refractivity contribution in [2.24, 2.45) is 0 Å². The van der Waals surface area contributed by atoms with Gasteiger partial charge >= 0.3 is 0 Å². The Morgan fingerprint density at radius 3 is 3.00 bits per heavy atom. The molecule has 0 N–H and O–H groups in total. The molecule has 5 nitrogen and oxygen atoms in total. The van der Waals surface area contributed by atoms with E-state index in [0.29, 0.717) is 6.04 Å². The Bertz CT molecular complexity index is 721. The Hall–Kier alpha value is -1.92. The SMILES string of the molecule is C[C@H]1CN(Cc2nc3ccccc3o2)CCN1c1nccs1. The zero-order chi connectivity index (χ0) is 14.9. The van der Waals surface area contributed by atoms with E-state index in [4.69, 9.17) is 4.42 Å². The molecular weight excluding hydrogens is 296 g/mol. The van der Waals surface area contributed by atoms with Crippen LogP contribution in [0.5, 0.6) is 0 Å². The first kappa shape index (κ1) is 13.7. The Kier molecular flexibility index (Phi) is 3.56. The van der Waals surface area contributed by atoms with Crippen LogP contribution in [0.15, 0.2) is 40.3 Å². The van der Waals surface area contributed by atoms with Crippen LogP contribution in [0.2, 0.25) is 0 Å². The molecule has 0 saturated carbocycles. The summed E-state index contributed by atoms with van der Waals surface area (Å²) >= 11 is 1.71. The number of piperazine rings is 1. The molecule has 0 spiro atoms. The van der Waals surface area contributed by atoms with Crippen LogP contribution in [0.25, 0.3) is 11.1 Å². The first-order valence-corrected chi connectivity index (χ1v) is 8.40. The minimum absolute atomic E-state index is 0.448. The highest BCUT2D eigenvalue weighted by Crippen LogP contribution is 2.24. The van der Waals surface area contributed by atoms with Crippen molar-refractivity contribution in [1.29, 1.82) is 0 Å². The summed E-state index contributed by atoms with van der Waals surface area (Å²) in [5, 5.41) is 3.15. The molecule has 2 aromatic heterocycles. The van der Waals surface area contributed by atoms with Gasteiger partial charge in [-0.15, -0.1) is 11.3 Å². The third kappa shape index (κ3) is 2.60. The van der Waals surface area contributed by atoms with Crippen molar-refractivity contribution in [3.05, 3.63) is 41.7 Å². The maximum atomic E-state index is 5.83. The van der Waals surface area contributed by atoms with Gasteiger partial charge in [-0.05, 0) is 19.1 Å². The van der Waals surface area contributed by atoms with Crippen molar-refractivity contribution in [2.45, 2.75) is 19.5 Å². The lowest BCUT2D eigenvalue weighted by Crippen LogP contribution is -2.51. The van der Waals surface area contributed by atoms with Crippen LogP contribution in [-0.2, 0) is 6.54 Å². The molecule has 0 amide bonds. The number of hydrogen-bond donors (Lipinski definition) is 0. The third-order valence-corrected chi connectivity index (χ3v) is 4.88. The van der Waals surface area contributed by atoms with Crippen molar-refractivity contribution in [1.82, 2.24) is 14.9 Å². The van der Waals surface area contributed by atoms with Crippen molar-refractivity contribution in [3.8, 4) is 0 Å². The zero-order valence-electron chi connectivity index (χ0n) is 12.5.